The summed E-state index contributed by atoms with van der Waals surface area (Å²) in [6, 6.07) is 3.37. The van der Waals surface area contributed by atoms with Crippen molar-refractivity contribution in [3.63, 3.8) is 0 Å². The molecule has 2 rings (SSSR count). The summed E-state index contributed by atoms with van der Waals surface area (Å²) in [6.07, 6.45) is 0.892. The first-order chi connectivity index (χ1) is 8.65. The number of halogens is 3. The van der Waals surface area contributed by atoms with Crippen LogP contribution in [0.4, 0.5) is 8.78 Å². The van der Waals surface area contributed by atoms with Crippen molar-refractivity contribution in [2.75, 3.05) is 0 Å². The molecule has 18 heavy (non-hydrogen) atoms. The third-order valence-corrected chi connectivity index (χ3v) is 3.02. The molecule has 96 valence electrons. The lowest BCUT2D eigenvalue weighted by atomic mass is 10.2. The van der Waals surface area contributed by atoms with Gasteiger partial charge in [0.1, 0.15) is 17.5 Å². The standard InChI is InChI=1S/C12H12BrF2N3/c1-2-3-18-11(7-13)16-17-12(18)8-4-9(14)6-10(15)5-8/h4-6H,2-3,7H2,1H3. The SMILES string of the molecule is CCCn1c(CBr)nnc1-c1cc(F)cc(F)c1. The highest BCUT2D eigenvalue weighted by atomic mass is 79.9. The van der Waals surface area contributed by atoms with Crippen molar-refractivity contribution in [2.24, 2.45) is 0 Å². The number of hydrogen-bond acceptors (Lipinski definition) is 2. The van der Waals surface area contributed by atoms with Gasteiger partial charge in [-0.3, -0.25) is 0 Å². The van der Waals surface area contributed by atoms with Gasteiger partial charge in [0, 0.05) is 18.2 Å². The lowest BCUT2D eigenvalue weighted by molar-refractivity contribution is 0.583. The molecule has 0 unspecified atom stereocenters. The Morgan fingerprint density at radius 3 is 2.39 bits per heavy atom. The van der Waals surface area contributed by atoms with Crippen LogP contribution in [0.15, 0.2) is 18.2 Å². The predicted octanol–water partition coefficient (Wildman–Crippen LogP) is 3.53. The summed E-state index contributed by atoms with van der Waals surface area (Å²) in [5.74, 6) is 0.00843. The Morgan fingerprint density at radius 1 is 1.17 bits per heavy atom. The molecule has 0 aliphatic rings. The fourth-order valence-corrected chi connectivity index (χ4v) is 2.20. The first-order valence-corrected chi connectivity index (χ1v) is 6.72. The van der Waals surface area contributed by atoms with E-state index < -0.39 is 11.6 Å². The second-order valence-electron chi connectivity index (χ2n) is 3.88. The maximum absolute atomic E-state index is 13.2. The van der Waals surface area contributed by atoms with Crippen LogP contribution in [-0.4, -0.2) is 14.8 Å². The first-order valence-electron chi connectivity index (χ1n) is 5.60. The second-order valence-corrected chi connectivity index (χ2v) is 4.44. The third-order valence-electron chi connectivity index (χ3n) is 2.51. The highest BCUT2D eigenvalue weighted by molar-refractivity contribution is 9.08. The van der Waals surface area contributed by atoms with E-state index in [0.717, 1.165) is 18.3 Å². The summed E-state index contributed by atoms with van der Waals surface area (Å²) < 4.78 is 28.3. The average Bonchev–Trinajstić information content (AvgIpc) is 2.71. The van der Waals surface area contributed by atoms with Gasteiger partial charge in [-0.25, -0.2) is 8.78 Å². The molecule has 0 aliphatic heterocycles. The molecule has 0 saturated carbocycles. The van der Waals surface area contributed by atoms with Gasteiger partial charge < -0.3 is 4.57 Å². The lowest BCUT2D eigenvalue weighted by Crippen LogP contribution is -2.04. The molecule has 1 aromatic carbocycles. The molecule has 0 saturated heterocycles. The van der Waals surface area contributed by atoms with Gasteiger partial charge in [-0.1, -0.05) is 22.9 Å². The van der Waals surface area contributed by atoms with E-state index in [-0.39, 0.29) is 0 Å². The summed E-state index contributed by atoms with van der Waals surface area (Å²) in [4.78, 5) is 0. The molecule has 0 amide bonds. The van der Waals surface area contributed by atoms with Crippen LogP contribution in [-0.2, 0) is 11.9 Å². The van der Waals surface area contributed by atoms with Crippen LogP contribution >= 0.6 is 15.9 Å². The van der Waals surface area contributed by atoms with E-state index >= 15 is 0 Å². The lowest BCUT2D eigenvalue weighted by Gasteiger charge is -2.08. The minimum absolute atomic E-state index is 0.403. The number of benzene rings is 1. The minimum Gasteiger partial charge on any atom is -0.310 e. The topological polar surface area (TPSA) is 30.7 Å². The van der Waals surface area contributed by atoms with E-state index in [0.29, 0.717) is 23.3 Å². The Bertz CT molecular complexity index is 534. The smallest absolute Gasteiger partial charge is 0.164 e. The number of rotatable bonds is 4. The molecule has 0 atom stereocenters. The summed E-state index contributed by atoms with van der Waals surface area (Å²) >= 11 is 3.32. The van der Waals surface area contributed by atoms with Crippen LogP contribution < -0.4 is 0 Å². The van der Waals surface area contributed by atoms with Crippen molar-refractivity contribution >= 4 is 15.9 Å². The summed E-state index contributed by atoms with van der Waals surface area (Å²) in [5.41, 5.74) is 0.403. The summed E-state index contributed by atoms with van der Waals surface area (Å²) in [6.45, 7) is 2.73. The first kappa shape index (κ1) is 13.1. The molecule has 6 heteroatoms. The van der Waals surface area contributed by atoms with Gasteiger partial charge in [-0.15, -0.1) is 10.2 Å². The van der Waals surface area contributed by atoms with Gasteiger partial charge in [-0.05, 0) is 18.6 Å². The Labute approximate surface area is 112 Å². The van der Waals surface area contributed by atoms with Crippen molar-refractivity contribution in [3.05, 3.63) is 35.7 Å². The van der Waals surface area contributed by atoms with E-state index in [1.165, 1.54) is 12.1 Å². The van der Waals surface area contributed by atoms with E-state index in [4.69, 9.17) is 0 Å². The third kappa shape index (κ3) is 2.58. The zero-order valence-electron chi connectivity index (χ0n) is 9.83. The van der Waals surface area contributed by atoms with E-state index in [1.54, 1.807) is 0 Å². The fourth-order valence-electron chi connectivity index (χ4n) is 1.79. The largest absolute Gasteiger partial charge is 0.310 e. The number of hydrogen-bond donors (Lipinski definition) is 0. The molecule has 1 heterocycles. The average molecular weight is 316 g/mol. The maximum Gasteiger partial charge on any atom is 0.164 e. The van der Waals surface area contributed by atoms with Crippen LogP contribution in [0.5, 0.6) is 0 Å². The Balaban J connectivity index is 2.52. The number of alkyl halides is 1. The van der Waals surface area contributed by atoms with E-state index in [9.17, 15) is 8.78 Å². The molecular formula is C12H12BrF2N3. The normalized spacial score (nSPS) is 10.9. The highest BCUT2D eigenvalue weighted by Crippen LogP contribution is 2.22. The van der Waals surface area contributed by atoms with Gasteiger partial charge in [0.05, 0.1) is 5.33 Å². The summed E-state index contributed by atoms with van der Waals surface area (Å²) in [7, 11) is 0. The van der Waals surface area contributed by atoms with Crippen molar-refractivity contribution in [3.8, 4) is 11.4 Å². The predicted molar refractivity (Wildman–Crippen MR) is 68.3 cm³/mol. The zero-order chi connectivity index (χ0) is 13.1. The van der Waals surface area contributed by atoms with E-state index in [1.807, 2.05) is 11.5 Å². The van der Waals surface area contributed by atoms with Gasteiger partial charge >= 0.3 is 0 Å². The quantitative estimate of drug-likeness (QED) is 0.808. The van der Waals surface area contributed by atoms with Crippen LogP contribution in [0.3, 0.4) is 0 Å². The van der Waals surface area contributed by atoms with Crippen LogP contribution in [0.2, 0.25) is 0 Å². The fraction of sp³-hybridized carbons (Fsp3) is 0.333. The molecule has 0 fully saturated rings. The van der Waals surface area contributed by atoms with Crippen molar-refractivity contribution in [1.82, 2.24) is 14.8 Å². The molecule has 2 aromatic rings. The highest BCUT2D eigenvalue weighted by Gasteiger charge is 2.14. The van der Waals surface area contributed by atoms with Gasteiger partial charge in [0.2, 0.25) is 0 Å². The molecule has 0 aliphatic carbocycles. The maximum atomic E-state index is 13.2. The molecule has 0 bridgehead atoms. The van der Waals surface area contributed by atoms with Crippen LogP contribution in [0, 0.1) is 11.6 Å². The Morgan fingerprint density at radius 2 is 1.83 bits per heavy atom. The minimum atomic E-state index is -0.614. The Hall–Kier alpha value is -1.30. The number of aromatic nitrogens is 3. The zero-order valence-corrected chi connectivity index (χ0v) is 11.4. The van der Waals surface area contributed by atoms with Crippen molar-refractivity contribution in [2.45, 2.75) is 25.2 Å². The number of nitrogens with zero attached hydrogens (tertiary/aromatic N) is 3. The van der Waals surface area contributed by atoms with Crippen molar-refractivity contribution in [1.29, 1.82) is 0 Å². The molecule has 0 N–H and O–H groups in total. The van der Waals surface area contributed by atoms with Crippen LogP contribution in [0.25, 0.3) is 11.4 Å². The molecule has 0 radical (unpaired) electrons. The summed E-state index contributed by atoms with van der Waals surface area (Å²) in [5, 5.41) is 8.57. The monoisotopic (exact) mass is 315 g/mol. The molecule has 1 aromatic heterocycles. The van der Waals surface area contributed by atoms with Gasteiger partial charge in [-0.2, -0.15) is 0 Å². The molecular weight excluding hydrogens is 304 g/mol. The van der Waals surface area contributed by atoms with Crippen molar-refractivity contribution < 1.29 is 8.78 Å². The molecule has 0 spiro atoms. The van der Waals surface area contributed by atoms with Gasteiger partial charge in [0.15, 0.2) is 5.82 Å². The van der Waals surface area contributed by atoms with Gasteiger partial charge in [0.25, 0.3) is 0 Å². The van der Waals surface area contributed by atoms with Crippen LogP contribution in [0.1, 0.15) is 19.2 Å². The molecule has 3 nitrogen and oxygen atoms in total. The van der Waals surface area contributed by atoms with E-state index in [2.05, 4.69) is 26.1 Å². The second kappa shape index (κ2) is 5.56. The Kier molecular flexibility index (Phi) is 4.06.